The topological polar surface area (TPSA) is 95.9 Å². The van der Waals surface area contributed by atoms with Crippen molar-refractivity contribution in [1.29, 1.82) is 0 Å². The highest BCUT2D eigenvalue weighted by Crippen LogP contribution is 2.17. The summed E-state index contributed by atoms with van der Waals surface area (Å²) in [7, 11) is 0. The number of ether oxygens (including phenoxy) is 1. The van der Waals surface area contributed by atoms with Crippen LogP contribution in [0.15, 0.2) is 60.8 Å². The van der Waals surface area contributed by atoms with Gasteiger partial charge in [-0.3, -0.25) is 9.59 Å². The molecule has 0 bridgehead atoms. The van der Waals surface area contributed by atoms with E-state index in [0.29, 0.717) is 19.3 Å². The van der Waals surface area contributed by atoms with Crippen LogP contribution < -0.4 is 5.32 Å². The summed E-state index contributed by atoms with van der Waals surface area (Å²) in [6.07, 6.45) is 60.1. The number of carbonyl (C=O) groups excluding carboxylic acids is 2. The third-order valence-electron chi connectivity index (χ3n) is 11.6. The molecule has 0 heterocycles. The first kappa shape index (κ1) is 58.6. The van der Waals surface area contributed by atoms with E-state index >= 15 is 0 Å². The fourth-order valence-corrected chi connectivity index (χ4v) is 7.67. The van der Waals surface area contributed by atoms with Crippen molar-refractivity contribution in [3.63, 3.8) is 0 Å². The van der Waals surface area contributed by atoms with Crippen LogP contribution in [0.1, 0.15) is 252 Å². The van der Waals surface area contributed by atoms with E-state index in [9.17, 15) is 19.8 Å². The molecule has 0 aliphatic carbocycles. The summed E-state index contributed by atoms with van der Waals surface area (Å²) in [6.45, 7) is 6.34. The van der Waals surface area contributed by atoms with Crippen LogP contribution in [0, 0.1) is 0 Å². The molecule has 0 aliphatic heterocycles. The zero-order chi connectivity index (χ0) is 44.5. The Balaban J connectivity index is 4.59. The van der Waals surface area contributed by atoms with Crippen molar-refractivity contribution in [3.05, 3.63) is 60.8 Å². The number of unbranched alkanes of at least 4 members (excludes halogenated alkanes) is 24. The number of hydrogen-bond acceptors (Lipinski definition) is 5. The van der Waals surface area contributed by atoms with Crippen LogP contribution in [0.3, 0.4) is 0 Å². The minimum absolute atomic E-state index is 0.0282. The van der Waals surface area contributed by atoms with E-state index in [0.717, 1.165) is 70.6 Å². The number of hydrogen-bond donors (Lipinski definition) is 3. The molecule has 3 N–H and O–H groups in total. The molecule has 0 fully saturated rings. The van der Waals surface area contributed by atoms with Crippen LogP contribution in [0.2, 0.25) is 0 Å². The number of aliphatic hydroxyl groups is 2. The SMILES string of the molecule is CC/C=C/C/C=C/C/C=C/CCCCC(CC(=O)NC(CO)C(O)CCCCCCCCCCCCCCCCCCC)OC(=O)CC/C=C/C/C=C\CCCCCCCC. The van der Waals surface area contributed by atoms with Crippen LogP contribution in [0.5, 0.6) is 0 Å². The number of rotatable bonds is 46. The molecule has 0 saturated carbocycles. The fraction of sp³-hybridized carbons (Fsp3) is 0.782. The standard InChI is InChI=1S/C55H99NO5/c1-4-7-10-13-16-19-22-25-26-27-28-30-32-35-38-41-44-47-53(58)52(50-57)56-54(59)49-51(46-43-40-37-34-31-24-21-18-15-12-9-6-3)61-55(60)48-45-42-39-36-33-29-23-20-17-14-11-8-5-2/h9,12,18,21,29,31,33-34,39,42,51-53,57-58H,4-8,10-11,13-17,19-20,22-28,30,32,35-38,40-41,43-50H2,1-3H3,(H,56,59)/b12-9+,21-18+,33-29-,34-31+,42-39+. The van der Waals surface area contributed by atoms with Crippen molar-refractivity contribution in [2.45, 2.75) is 270 Å². The zero-order valence-corrected chi connectivity index (χ0v) is 40.3. The molecule has 0 aromatic carbocycles. The van der Waals surface area contributed by atoms with E-state index in [1.807, 2.05) is 6.08 Å². The molecular weight excluding hydrogens is 755 g/mol. The van der Waals surface area contributed by atoms with Gasteiger partial charge in [-0.05, 0) is 77.0 Å². The van der Waals surface area contributed by atoms with Gasteiger partial charge in [0, 0.05) is 6.42 Å². The smallest absolute Gasteiger partial charge is 0.306 e. The van der Waals surface area contributed by atoms with Gasteiger partial charge in [0.25, 0.3) is 0 Å². The summed E-state index contributed by atoms with van der Waals surface area (Å²) < 4.78 is 5.87. The van der Waals surface area contributed by atoms with Crippen LogP contribution in [0.4, 0.5) is 0 Å². The maximum Gasteiger partial charge on any atom is 0.306 e. The van der Waals surface area contributed by atoms with E-state index < -0.39 is 18.2 Å². The maximum absolute atomic E-state index is 13.2. The molecule has 0 radical (unpaired) electrons. The van der Waals surface area contributed by atoms with Gasteiger partial charge in [0.2, 0.25) is 5.91 Å². The highest BCUT2D eigenvalue weighted by molar-refractivity contribution is 5.77. The van der Waals surface area contributed by atoms with E-state index in [4.69, 9.17) is 4.74 Å². The highest BCUT2D eigenvalue weighted by Gasteiger charge is 2.24. The summed E-state index contributed by atoms with van der Waals surface area (Å²) in [5.74, 6) is -0.592. The Morgan fingerprint density at radius 1 is 0.492 bits per heavy atom. The maximum atomic E-state index is 13.2. The van der Waals surface area contributed by atoms with Crippen LogP contribution >= 0.6 is 0 Å². The normalized spacial score (nSPS) is 13.7. The number of aliphatic hydroxyl groups excluding tert-OH is 2. The number of amides is 1. The lowest BCUT2D eigenvalue weighted by atomic mass is 10.0. The zero-order valence-electron chi connectivity index (χ0n) is 40.3. The molecule has 6 heteroatoms. The monoisotopic (exact) mass is 854 g/mol. The lowest BCUT2D eigenvalue weighted by molar-refractivity contribution is -0.150. The number of nitrogens with one attached hydrogen (secondary N) is 1. The van der Waals surface area contributed by atoms with Crippen molar-refractivity contribution in [2.75, 3.05) is 6.61 Å². The number of carbonyl (C=O) groups is 2. The molecule has 3 unspecified atom stereocenters. The van der Waals surface area contributed by atoms with Crippen LogP contribution in [-0.2, 0) is 14.3 Å². The Kier molecular flexibility index (Phi) is 46.6. The minimum Gasteiger partial charge on any atom is -0.462 e. The van der Waals surface area contributed by atoms with Crippen molar-refractivity contribution in [2.24, 2.45) is 0 Å². The summed E-state index contributed by atoms with van der Waals surface area (Å²) in [4.78, 5) is 26.1. The first-order valence-corrected chi connectivity index (χ1v) is 26.0. The first-order valence-electron chi connectivity index (χ1n) is 26.0. The van der Waals surface area contributed by atoms with Gasteiger partial charge in [0.05, 0.1) is 25.2 Å². The molecule has 0 rings (SSSR count). The van der Waals surface area contributed by atoms with E-state index in [1.54, 1.807) is 0 Å². The molecule has 6 nitrogen and oxygen atoms in total. The second-order valence-corrected chi connectivity index (χ2v) is 17.5. The van der Waals surface area contributed by atoms with Gasteiger partial charge in [-0.2, -0.15) is 0 Å². The third kappa shape index (κ3) is 44.0. The third-order valence-corrected chi connectivity index (χ3v) is 11.6. The van der Waals surface area contributed by atoms with Gasteiger partial charge in [-0.1, -0.05) is 223 Å². The first-order chi connectivity index (χ1) is 30.0. The Bertz CT molecular complexity index is 1090. The summed E-state index contributed by atoms with van der Waals surface area (Å²) >= 11 is 0. The van der Waals surface area contributed by atoms with Crippen molar-refractivity contribution < 1.29 is 24.5 Å². The minimum atomic E-state index is -0.807. The molecule has 0 aliphatic rings. The van der Waals surface area contributed by atoms with Gasteiger partial charge >= 0.3 is 5.97 Å². The molecule has 0 aromatic rings. The van der Waals surface area contributed by atoms with Crippen LogP contribution in [0.25, 0.3) is 0 Å². The summed E-state index contributed by atoms with van der Waals surface area (Å²) in [5, 5.41) is 23.8. The van der Waals surface area contributed by atoms with Gasteiger partial charge in [-0.25, -0.2) is 0 Å². The number of esters is 1. The lowest BCUT2D eigenvalue weighted by Gasteiger charge is -2.24. The largest absolute Gasteiger partial charge is 0.462 e. The Labute approximate surface area is 378 Å². The van der Waals surface area contributed by atoms with E-state index in [-0.39, 0.29) is 31.3 Å². The predicted molar refractivity (Wildman–Crippen MR) is 264 cm³/mol. The Morgan fingerprint density at radius 3 is 1.36 bits per heavy atom. The molecule has 3 atom stereocenters. The summed E-state index contributed by atoms with van der Waals surface area (Å²) in [5.41, 5.74) is 0. The average molecular weight is 854 g/mol. The number of allylic oxidation sites excluding steroid dienone is 10. The summed E-state index contributed by atoms with van der Waals surface area (Å²) in [6, 6.07) is -0.725. The quantitative estimate of drug-likeness (QED) is 0.0322. The van der Waals surface area contributed by atoms with Gasteiger partial charge in [-0.15, -0.1) is 0 Å². The van der Waals surface area contributed by atoms with E-state index in [2.05, 4.69) is 80.8 Å². The van der Waals surface area contributed by atoms with Crippen molar-refractivity contribution in [1.82, 2.24) is 5.32 Å². The van der Waals surface area contributed by atoms with E-state index in [1.165, 1.54) is 128 Å². The predicted octanol–water partition coefficient (Wildman–Crippen LogP) is 15.6. The van der Waals surface area contributed by atoms with Crippen molar-refractivity contribution in [3.8, 4) is 0 Å². The van der Waals surface area contributed by atoms with Gasteiger partial charge < -0.3 is 20.3 Å². The molecule has 1 amide bonds. The van der Waals surface area contributed by atoms with Crippen molar-refractivity contribution >= 4 is 11.9 Å². The molecule has 0 spiro atoms. The molecule has 0 saturated heterocycles. The molecular formula is C55H99NO5. The second kappa shape index (κ2) is 48.6. The Hall–Kier alpha value is -2.44. The van der Waals surface area contributed by atoms with Gasteiger partial charge in [0.1, 0.15) is 6.10 Å². The lowest BCUT2D eigenvalue weighted by Crippen LogP contribution is -2.46. The molecule has 354 valence electrons. The highest BCUT2D eigenvalue weighted by atomic mass is 16.5. The average Bonchev–Trinajstić information content (AvgIpc) is 3.25. The molecule has 61 heavy (non-hydrogen) atoms. The Morgan fingerprint density at radius 2 is 0.885 bits per heavy atom. The molecule has 0 aromatic heterocycles. The second-order valence-electron chi connectivity index (χ2n) is 17.5. The van der Waals surface area contributed by atoms with Crippen LogP contribution in [-0.4, -0.2) is 46.9 Å². The fourth-order valence-electron chi connectivity index (χ4n) is 7.67. The van der Waals surface area contributed by atoms with Gasteiger partial charge in [0.15, 0.2) is 0 Å².